The second kappa shape index (κ2) is 8.32. The highest BCUT2D eigenvalue weighted by molar-refractivity contribution is 14.0. The predicted molar refractivity (Wildman–Crippen MR) is 92.2 cm³/mol. The summed E-state index contributed by atoms with van der Waals surface area (Å²) in [4.78, 5) is 16.2. The number of aromatic nitrogens is 2. The summed E-state index contributed by atoms with van der Waals surface area (Å²) in [5.41, 5.74) is 2.47. The van der Waals surface area contributed by atoms with E-state index in [2.05, 4.69) is 25.8 Å². The second-order valence-corrected chi connectivity index (χ2v) is 4.73. The van der Waals surface area contributed by atoms with Crippen molar-refractivity contribution in [1.82, 2.24) is 20.8 Å². The van der Waals surface area contributed by atoms with Crippen molar-refractivity contribution in [2.45, 2.75) is 39.3 Å². The molecule has 4 N–H and O–H groups in total. The third kappa shape index (κ3) is 4.16. The summed E-state index contributed by atoms with van der Waals surface area (Å²) in [6.07, 6.45) is 1.56. The molecule has 1 aliphatic heterocycles. The van der Waals surface area contributed by atoms with Crippen LogP contribution in [0.3, 0.4) is 0 Å². The van der Waals surface area contributed by atoms with Crippen molar-refractivity contribution in [2.24, 2.45) is 4.99 Å². The van der Waals surface area contributed by atoms with E-state index in [1.54, 1.807) is 0 Å². The first-order valence-corrected chi connectivity index (χ1v) is 6.94. The number of H-pyrrole nitrogens is 1. The van der Waals surface area contributed by atoms with Crippen LogP contribution in [0, 0.1) is 0 Å². The lowest BCUT2D eigenvalue weighted by Crippen LogP contribution is -2.41. The van der Waals surface area contributed by atoms with Crippen LogP contribution in [0.1, 0.15) is 30.7 Å². The van der Waals surface area contributed by atoms with E-state index in [-0.39, 0.29) is 42.2 Å². The fourth-order valence-electron chi connectivity index (χ4n) is 2.33. The molecule has 0 saturated carbocycles. The third-order valence-corrected chi connectivity index (χ3v) is 3.43. The van der Waals surface area contributed by atoms with Crippen LogP contribution in [0.2, 0.25) is 0 Å². The Balaban J connectivity index is 0.00000220. The lowest BCUT2D eigenvalue weighted by atomic mass is 10.0. The van der Waals surface area contributed by atoms with Crippen LogP contribution in [0.15, 0.2) is 9.79 Å². The lowest BCUT2D eigenvalue weighted by Gasteiger charge is -2.13. The van der Waals surface area contributed by atoms with Gasteiger partial charge in [-0.2, -0.15) is 5.10 Å². The normalized spacial score (nSPS) is 16.9. The van der Waals surface area contributed by atoms with Crippen molar-refractivity contribution in [3.05, 3.63) is 27.2 Å². The van der Waals surface area contributed by atoms with E-state index in [9.17, 15) is 4.79 Å². The summed E-state index contributed by atoms with van der Waals surface area (Å²) in [5, 5.41) is 21.8. The summed E-state index contributed by atoms with van der Waals surface area (Å²) < 4.78 is 0. The molecule has 0 aliphatic carbocycles. The summed E-state index contributed by atoms with van der Waals surface area (Å²) in [6, 6.07) is -0.0370. The van der Waals surface area contributed by atoms with Gasteiger partial charge in [-0.3, -0.25) is 9.79 Å². The number of nitrogens with one attached hydrogen (secondary N) is 3. The van der Waals surface area contributed by atoms with Gasteiger partial charge in [0.1, 0.15) is 0 Å². The summed E-state index contributed by atoms with van der Waals surface area (Å²) in [6.45, 7) is 5.03. The van der Waals surface area contributed by atoms with Gasteiger partial charge < -0.3 is 15.7 Å². The van der Waals surface area contributed by atoms with E-state index in [4.69, 9.17) is 5.11 Å². The minimum atomic E-state index is -0.163. The van der Waals surface area contributed by atoms with Gasteiger partial charge in [0.05, 0.1) is 24.9 Å². The number of aromatic amines is 1. The van der Waals surface area contributed by atoms with Crippen LogP contribution in [0.5, 0.6) is 0 Å². The Morgan fingerprint density at radius 1 is 1.33 bits per heavy atom. The molecule has 0 fully saturated rings. The Hall–Kier alpha value is -1.16. The van der Waals surface area contributed by atoms with Gasteiger partial charge in [0.15, 0.2) is 5.96 Å². The van der Waals surface area contributed by atoms with Crippen LogP contribution in [-0.4, -0.2) is 40.5 Å². The average Bonchev–Trinajstić information content (AvgIpc) is 2.93. The number of halogens is 1. The van der Waals surface area contributed by atoms with Gasteiger partial charge in [0.25, 0.3) is 5.56 Å². The molecule has 0 bridgehead atoms. The van der Waals surface area contributed by atoms with Crippen molar-refractivity contribution in [1.29, 1.82) is 0 Å². The van der Waals surface area contributed by atoms with Crippen LogP contribution in [-0.2, 0) is 19.4 Å². The molecule has 0 aromatic carbocycles. The molecular formula is C13H22IN5O2. The summed E-state index contributed by atoms with van der Waals surface area (Å²) >= 11 is 0. The van der Waals surface area contributed by atoms with Crippen molar-refractivity contribution in [3.63, 3.8) is 0 Å². The molecule has 1 aromatic heterocycles. The Bertz CT molecular complexity index is 558. The largest absolute Gasteiger partial charge is 0.394 e. The highest BCUT2D eigenvalue weighted by Gasteiger charge is 2.17. The van der Waals surface area contributed by atoms with E-state index < -0.39 is 0 Å². The van der Waals surface area contributed by atoms with Crippen LogP contribution in [0.4, 0.5) is 0 Å². The summed E-state index contributed by atoms with van der Waals surface area (Å²) in [5.74, 6) is 0.625. The standard InChI is InChI=1S/C13H21N5O2.HI/c1-3-9-10(12(20)18-17-11(9)4-2)6-15-13-14-5-8(7-19)16-13;/h8,19H,3-7H2,1-2H3,(H,18,20)(H2,14,15,16);1H/t8-;/m0./s1. The molecule has 0 spiro atoms. The second-order valence-electron chi connectivity index (χ2n) is 4.73. The fourth-order valence-corrected chi connectivity index (χ4v) is 2.33. The molecule has 0 saturated heterocycles. The molecule has 2 heterocycles. The monoisotopic (exact) mass is 407 g/mol. The molecule has 1 aliphatic rings. The first-order valence-electron chi connectivity index (χ1n) is 6.94. The molecule has 0 amide bonds. The van der Waals surface area contributed by atoms with Crippen LogP contribution < -0.4 is 16.2 Å². The number of rotatable bonds is 5. The van der Waals surface area contributed by atoms with Crippen LogP contribution >= 0.6 is 24.0 Å². The van der Waals surface area contributed by atoms with Crippen molar-refractivity contribution < 1.29 is 5.11 Å². The van der Waals surface area contributed by atoms with E-state index in [0.717, 1.165) is 24.1 Å². The van der Waals surface area contributed by atoms with Gasteiger partial charge in [-0.05, 0) is 18.4 Å². The number of aliphatic hydroxyl groups is 1. The van der Waals surface area contributed by atoms with Crippen molar-refractivity contribution in [2.75, 3.05) is 13.2 Å². The number of hydrogen-bond acceptors (Lipinski definition) is 6. The Morgan fingerprint density at radius 2 is 2.10 bits per heavy atom. The summed E-state index contributed by atoms with van der Waals surface area (Å²) in [7, 11) is 0. The molecule has 0 unspecified atom stereocenters. The number of nitrogens with zero attached hydrogens (tertiary/aromatic N) is 2. The smallest absolute Gasteiger partial charge is 0.269 e. The Kier molecular flexibility index (Phi) is 7.09. The van der Waals surface area contributed by atoms with Gasteiger partial charge in [0, 0.05) is 12.1 Å². The van der Waals surface area contributed by atoms with E-state index in [1.807, 2.05) is 13.8 Å². The zero-order valence-corrected chi connectivity index (χ0v) is 14.6. The van der Waals surface area contributed by atoms with Crippen molar-refractivity contribution >= 4 is 29.9 Å². The molecule has 8 heteroatoms. The Labute approximate surface area is 140 Å². The first kappa shape index (κ1) is 17.9. The predicted octanol–water partition coefficient (Wildman–Crippen LogP) is -0.0776. The minimum Gasteiger partial charge on any atom is -0.394 e. The SMILES string of the molecule is CCc1n[nH]c(=O)c(CNC2=NC[C@@H](CO)N2)c1CC.I. The molecule has 1 atom stereocenters. The van der Waals surface area contributed by atoms with E-state index in [0.29, 0.717) is 24.6 Å². The quantitative estimate of drug-likeness (QED) is 0.512. The highest BCUT2D eigenvalue weighted by Crippen LogP contribution is 2.10. The van der Waals surface area contributed by atoms with Crippen molar-refractivity contribution in [3.8, 4) is 0 Å². The van der Waals surface area contributed by atoms with E-state index in [1.165, 1.54) is 0 Å². The number of guanidine groups is 1. The molecular weight excluding hydrogens is 385 g/mol. The van der Waals surface area contributed by atoms with Gasteiger partial charge in [-0.1, -0.05) is 13.8 Å². The maximum atomic E-state index is 11.9. The number of hydrogen-bond donors (Lipinski definition) is 4. The zero-order chi connectivity index (χ0) is 14.5. The average molecular weight is 407 g/mol. The zero-order valence-electron chi connectivity index (χ0n) is 12.3. The molecule has 2 rings (SSSR count). The number of aliphatic imine (C=N–C) groups is 1. The molecule has 7 nitrogen and oxygen atoms in total. The number of aliphatic hydroxyl groups excluding tert-OH is 1. The molecule has 118 valence electrons. The lowest BCUT2D eigenvalue weighted by molar-refractivity contribution is 0.263. The van der Waals surface area contributed by atoms with Gasteiger partial charge in [0.2, 0.25) is 0 Å². The third-order valence-electron chi connectivity index (χ3n) is 3.43. The minimum absolute atomic E-state index is 0. The molecule has 0 radical (unpaired) electrons. The fraction of sp³-hybridized carbons (Fsp3) is 0.615. The number of aryl methyl sites for hydroxylation is 1. The van der Waals surface area contributed by atoms with Gasteiger partial charge in [-0.15, -0.1) is 24.0 Å². The van der Waals surface area contributed by atoms with E-state index >= 15 is 0 Å². The molecule has 21 heavy (non-hydrogen) atoms. The van der Waals surface area contributed by atoms with Crippen LogP contribution in [0.25, 0.3) is 0 Å². The van der Waals surface area contributed by atoms with Gasteiger partial charge in [-0.25, -0.2) is 5.10 Å². The maximum absolute atomic E-state index is 11.9. The van der Waals surface area contributed by atoms with Gasteiger partial charge >= 0.3 is 0 Å². The topological polar surface area (TPSA) is 102 Å². The maximum Gasteiger partial charge on any atom is 0.269 e. The Morgan fingerprint density at radius 3 is 2.67 bits per heavy atom. The molecule has 1 aromatic rings. The highest BCUT2D eigenvalue weighted by atomic mass is 127. The first-order chi connectivity index (χ1) is 9.69.